The molecule has 148 valence electrons. The SMILES string of the molecule is CCn1nc(C)cc1C(=O)N(CC1CCCO1)c1nc2c(F)cc(F)cc2s1. The van der Waals surface area contributed by atoms with E-state index in [4.69, 9.17) is 4.74 Å². The fraction of sp³-hybridized carbons (Fsp3) is 0.421. The molecule has 3 heterocycles. The van der Waals surface area contributed by atoms with Crippen LogP contribution in [0.2, 0.25) is 0 Å². The first-order valence-corrected chi connectivity index (χ1v) is 10.0. The summed E-state index contributed by atoms with van der Waals surface area (Å²) < 4.78 is 35.4. The van der Waals surface area contributed by atoms with Gasteiger partial charge in [0, 0.05) is 19.2 Å². The van der Waals surface area contributed by atoms with Gasteiger partial charge in [0.2, 0.25) is 0 Å². The Bertz CT molecular complexity index is 1030. The first kappa shape index (κ1) is 18.9. The zero-order valence-corrected chi connectivity index (χ0v) is 16.4. The monoisotopic (exact) mass is 406 g/mol. The molecule has 2 aromatic heterocycles. The highest BCUT2D eigenvalue weighted by atomic mass is 32.1. The molecule has 0 aliphatic carbocycles. The van der Waals surface area contributed by atoms with E-state index in [1.165, 1.54) is 11.0 Å². The van der Waals surface area contributed by atoms with E-state index in [0.29, 0.717) is 35.2 Å². The molecule has 0 saturated carbocycles. The van der Waals surface area contributed by atoms with Crippen LogP contribution in [0.3, 0.4) is 0 Å². The predicted octanol–water partition coefficient (Wildman–Crippen LogP) is 3.93. The minimum absolute atomic E-state index is 0.0618. The number of thiazole rings is 1. The lowest BCUT2D eigenvalue weighted by atomic mass is 10.2. The highest BCUT2D eigenvalue weighted by Gasteiger charge is 2.29. The number of anilines is 1. The molecule has 0 bridgehead atoms. The van der Waals surface area contributed by atoms with E-state index in [1.807, 2.05) is 13.8 Å². The lowest BCUT2D eigenvalue weighted by molar-refractivity contribution is 0.0908. The summed E-state index contributed by atoms with van der Waals surface area (Å²) in [5.41, 5.74) is 1.23. The van der Waals surface area contributed by atoms with Gasteiger partial charge in [0.25, 0.3) is 5.91 Å². The molecule has 4 rings (SSSR count). The van der Waals surface area contributed by atoms with E-state index < -0.39 is 11.6 Å². The second-order valence-electron chi connectivity index (χ2n) is 6.77. The maximum atomic E-state index is 14.1. The highest BCUT2D eigenvalue weighted by molar-refractivity contribution is 7.22. The number of hydrogen-bond acceptors (Lipinski definition) is 5. The number of fused-ring (bicyclic) bond motifs is 1. The number of hydrogen-bond donors (Lipinski definition) is 0. The molecule has 0 spiro atoms. The van der Waals surface area contributed by atoms with Crippen LogP contribution in [0, 0.1) is 18.6 Å². The first-order valence-electron chi connectivity index (χ1n) is 9.19. The van der Waals surface area contributed by atoms with Gasteiger partial charge in [-0.15, -0.1) is 0 Å². The van der Waals surface area contributed by atoms with Gasteiger partial charge in [0.05, 0.1) is 23.0 Å². The highest BCUT2D eigenvalue weighted by Crippen LogP contribution is 2.33. The molecule has 0 N–H and O–H groups in total. The first-order chi connectivity index (χ1) is 13.5. The van der Waals surface area contributed by atoms with Crippen LogP contribution in [-0.2, 0) is 11.3 Å². The van der Waals surface area contributed by atoms with Crippen molar-refractivity contribution in [3.05, 3.63) is 41.2 Å². The number of amides is 1. The van der Waals surface area contributed by atoms with E-state index in [1.54, 1.807) is 10.7 Å². The standard InChI is InChI=1S/C19H20F2N4O2S/c1-3-25-15(7-11(2)23-25)18(26)24(10-13-5-4-6-27-13)19-22-17-14(21)8-12(20)9-16(17)28-19/h7-9,13H,3-6,10H2,1-2H3. The molecule has 1 fully saturated rings. The minimum Gasteiger partial charge on any atom is -0.376 e. The van der Waals surface area contributed by atoms with Crippen LogP contribution >= 0.6 is 11.3 Å². The minimum atomic E-state index is -0.739. The number of carbonyl (C=O) groups is 1. The van der Waals surface area contributed by atoms with Crippen molar-refractivity contribution in [2.24, 2.45) is 0 Å². The quantitative estimate of drug-likeness (QED) is 0.644. The van der Waals surface area contributed by atoms with Crippen LogP contribution < -0.4 is 4.90 Å². The summed E-state index contributed by atoms with van der Waals surface area (Å²) in [4.78, 5) is 19.2. The van der Waals surface area contributed by atoms with Crippen molar-refractivity contribution in [2.75, 3.05) is 18.1 Å². The Morgan fingerprint density at radius 2 is 2.21 bits per heavy atom. The van der Waals surface area contributed by atoms with E-state index in [0.717, 1.165) is 35.9 Å². The summed E-state index contributed by atoms with van der Waals surface area (Å²) in [6.45, 7) is 5.23. The predicted molar refractivity (Wildman–Crippen MR) is 103 cm³/mol. The molecular weight excluding hydrogens is 386 g/mol. The van der Waals surface area contributed by atoms with E-state index in [-0.39, 0.29) is 17.5 Å². The zero-order chi connectivity index (χ0) is 19.8. The van der Waals surface area contributed by atoms with E-state index >= 15 is 0 Å². The Labute approximate surface area is 164 Å². The number of carbonyl (C=O) groups excluding carboxylic acids is 1. The smallest absolute Gasteiger partial charge is 0.278 e. The van der Waals surface area contributed by atoms with Crippen LogP contribution in [0.4, 0.5) is 13.9 Å². The molecular formula is C19H20F2N4O2S. The van der Waals surface area contributed by atoms with Gasteiger partial charge >= 0.3 is 0 Å². The molecule has 28 heavy (non-hydrogen) atoms. The Balaban J connectivity index is 1.76. The lowest BCUT2D eigenvalue weighted by Gasteiger charge is -2.23. The number of aromatic nitrogens is 3. The van der Waals surface area contributed by atoms with Gasteiger partial charge in [-0.3, -0.25) is 14.4 Å². The van der Waals surface area contributed by atoms with Crippen molar-refractivity contribution in [1.82, 2.24) is 14.8 Å². The Hall–Kier alpha value is -2.39. The number of benzene rings is 1. The summed E-state index contributed by atoms with van der Waals surface area (Å²) in [5, 5.41) is 4.66. The molecule has 6 nitrogen and oxygen atoms in total. The van der Waals surface area contributed by atoms with Gasteiger partial charge in [-0.05, 0) is 38.8 Å². The van der Waals surface area contributed by atoms with Crippen LogP contribution in [0.5, 0.6) is 0 Å². The van der Waals surface area contributed by atoms with Crippen molar-refractivity contribution in [3.8, 4) is 0 Å². The number of rotatable bonds is 5. The summed E-state index contributed by atoms with van der Waals surface area (Å²) in [7, 11) is 0. The van der Waals surface area contributed by atoms with E-state index in [2.05, 4.69) is 10.1 Å². The third-order valence-electron chi connectivity index (χ3n) is 4.71. The molecule has 1 aliphatic heterocycles. The molecule has 1 aliphatic rings. The average molecular weight is 406 g/mol. The van der Waals surface area contributed by atoms with Gasteiger partial charge in [-0.2, -0.15) is 5.10 Å². The number of aryl methyl sites for hydroxylation is 2. The molecule has 0 radical (unpaired) electrons. The van der Waals surface area contributed by atoms with Gasteiger partial charge in [-0.25, -0.2) is 13.8 Å². The van der Waals surface area contributed by atoms with Crippen LogP contribution in [0.1, 0.15) is 35.9 Å². The summed E-state index contributed by atoms with van der Waals surface area (Å²) in [6, 6.07) is 3.75. The van der Waals surface area contributed by atoms with Crippen molar-refractivity contribution in [3.63, 3.8) is 0 Å². The second-order valence-corrected chi connectivity index (χ2v) is 7.78. The summed E-state index contributed by atoms with van der Waals surface area (Å²) >= 11 is 1.09. The van der Waals surface area contributed by atoms with Gasteiger partial charge in [-0.1, -0.05) is 11.3 Å². The van der Waals surface area contributed by atoms with Crippen molar-refractivity contribution in [2.45, 2.75) is 39.3 Å². The number of ether oxygens (including phenoxy) is 1. The largest absolute Gasteiger partial charge is 0.376 e. The van der Waals surface area contributed by atoms with Crippen LogP contribution in [0.25, 0.3) is 10.2 Å². The Morgan fingerprint density at radius 1 is 1.39 bits per heavy atom. The molecule has 1 atom stereocenters. The molecule has 1 amide bonds. The third-order valence-corrected chi connectivity index (χ3v) is 5.73. The lowest BCUT2D eigenvalue weighted by Crippen LogP contribution is -2.38. The second kappa shape index (κ2) is 7.56. The maximum Gasteiger partial charge on any atom is 0.278 e. The van der Waals surface area contributed by atoms with Crippen molar-refractivity contribution in [1.29, 1.82) is 0 Å². The topological polar surface area (TPSA) is 60.2 Å². The molecule has 1 unspecified atom stereocenters. The molecule has 9 heteroatoms. The van der Waals surface area contributed by atoms with Crippen LogP contribution in [0.15, 0.2) is 18.2 Å². The van der Waals surface area contributed by atoms with Crippen LogP contribution in [-0.4, -0.2) is 39.9 Å². The van der Waals surface area contributed by atoms with E-state index in [9.17, 15) is 13.6 Å². The van der Waals surface area contributed by atoms with Gasteiger partial charge in [0.15, 0.2) is 10.9 Å². The fourth-order valence-electron chi connectivity index (χ4n) is 3.40. The number of nitrogens with zero attached hydrogens (tertiary/aromatic N) is 4. The normalized spacial score (nSPS) is 16.8. The Morgan fingerprint density at radius 3 is 2.93 bits per heavy atom. The maximum absolute atomic E-state index is 14.1. The van der Waals surface area contributed by atoms with Gasteiger partial charge < -0.3 is 4.74 Å². The van der Waals surface area contributed by atoms with Crippen molar-refractivity contribution >= 4 is 32.6 Å². The molecule has 1 saturated heterocycles. The Kier molecular flexibility index (Phi) is 5.11. The summed E-state index contributed by atoms with van der Waals surface area (Å²) in [6.07, 6.45) is 1.65. The average Bonchev–Trinajstić information content (AvgIpc) is 3.38. The fourth-order valence-corrected chi connectivity index (χ4v) is 4.41. The molecule has 1 aromatic carbocycles. The van der Waals surface area contributed by atoms with Gasteiger partial charge in [0.1, 0.15) is 17.0 Å². The third kappa shape index (κ3) is 3.51. The molecule has 3 aromatic rings. The number of halogens is 2. The zero-order valence-electron chi connectivity index (χ0n) is 15.6. The summed E-state index contributed by atoms with van der Waals surface area (Å²) in [5.74, 6) is -1.69. The van der Waals surface area contributed by atoms with Crippen molar-refractivity contribution < 1.29 is 18.3 Å².